The second-order valence-electron chi connectivity index (χ2n) is 5.19. The van der Waals surface area contributed by atoms with E-state index < -0.39 is 0 Å². The van der Waals surface area contributed by atoms with E-state index in [9.17, 15) is 4.39 Å². The number of nitrogens with zero attached hydrogens (tertiary/aromatic N) is 1. The molecular weight excluding hydrogens is 315 g/mol. The van der Waals surface area contributed by atoms with Gasteiger partial charge in [-0.2, -0.15) is 11.3 Å². The Morgan fingerprint density at radius 2 is 2.09 bits per heavy atom. The fourth-order valence-corrected chi connectivity index (χ4v) is 3.85. The van der Waals surface area contributed by atoms with Gasteiger partial charge in [-0.1, -0.05) is 18.2 Å². The predicted molar refractivity (Wildman–Crippen MR) is 90.9 cm³/mol. The zero-order valence-corrected chi connectivity index (χ0v) is 13.9. The molecule has 0 radical (unpaired) electrons. The van der Waals surface area contributed by atoms with Crippen molar-refractivity contribution in [1.82, 2.24) is 10.3 Å². The summed E-state index contributed by atoms with van der Waals surface area (Å²) in [5.41, 5.74) is 3.00. The molecule has 0 saturated carbocycles. The van der Waals surface area contributed by atoms with Gasteiger partial charge in [0.2, 0.25) is 0 Å². The number of benzene rings is 1. The third-order valence-corrected chi connectivity index (χ3v) is 5.26. The number of aromatic nitrogens is 1. The Morgan fingerprint density at radius 1 is 1.23 bits per heavy atom. The van der Waals surface area contributed by atoms with Crippen molar-refractivity contribution in [3.63, 3.8) is 0 Å². The van der Waals surface area contributed by atoms with Crippen molar-refractivity contribution in [2.45, 2.75) is 25.9 Å². The minimum absolute atomic E-state index is 0.105. The molecule has 3 rings (SSSR count). The van der Waals surface area contributed by atoms with Crippen LogP contribution in [0, 0.1) is 12.7 Å². The van der Waals surface area contributed by atoms with Gasteiger partial charge >= 0.3 is 0 Å². The maximum Gasteiger partial charge on any atom is 0.127 e. The number of nitrogens with one attached hydrogen (secondary N) is 1. The second-order valence-corrected chi connectivity index (χ2v) is 6.86. The Morgan fingerprint density at radius 3 is 2.77 bits per heavy atom. The summed E-state index contributed by atoms with van der Waals surface area (Å²) in [6.07, 6.45) is 0.866. The average molecular weight is 332 g/mol. The van der Waals surface area contributed by atoms with Gasteiger partial charge in [-0.25, -0.2) is 9.37 Å². The normalized spacial score (nSPS) is 12.5. The fraction of sp³-hybridized carbons (Fsp3) is 0.235. The maximum atomic E-state index is 13.8. The highest BCUT2D eigenvalue weighted by Crippen LogP contribution is 2.24. The Hall–Kier alpha value is -1.56. The average Bonchev–Trinajstić information content (AvgIpc) is 3.16. The topological polar surface area (TPSA) is 24.9 Å². The first-order valence-electron chi connectivity index (χ1n) is 7.12. The molecule has 5 heteroatoms. The smallest absolute Gasteiger partial charge is 0.127 e. The van der Waals surface area contributed by atoms with E-state index in [1.807, 2.05) is 19.1 Å². The zero-order chi connectivity index (χ0) is 15.4. The number of halogens is 1. The highest BCUT2D eigenvalue weighted by molar-refractivity contribution is 7.09. The van der Waals surface area contributed by atoms with Crippen molar-refractivity contribution >= 4 is 22.7 Å². The molecule has 0 amide bonds. The van der Waals surface area contributed by atoms with Crippen LogP contribution in [0.1, 0.15) is 27.9 Å². The molecule has 0 aliphatic carbocycles. The van der Waals surface area contributed by atoms with E-state index in [-0.39, 0.29) is 11.9 Å². The largest absolute Gasteiger partial charge is 0.303 e. The van der Waals surface area contributed by atoms with Gasteiger partial charge in [-0.3, -0.25) is 0 Å². The summed E-state index contributed by atoms with van der Waals surface area (Å²) in [5, 5.41) is 10.8. The predicted octanol–water partition coefficient (Wildman–Crippen LogP) is 4.73. The van der Waals surface area contributed by atoms with E-state index in [0.717, 1.165) is 17.1 Å². The Bertz CT molecular complexity index is 722. The van der Waals surface area contributed by atoms with Gasteiger partial charge in [0, 0.05) is 23.2 Å². The van der Waals surface area contributed by atoms with Gasteiger partial charge in [0.15, 0.2) is 0 Å². The summed E-state index contributed by atoms with van der Waals surface area (Å²) >= 11 is 3.35. The first kappa shape index (κ1) is 15.3. The zero-order valence-electron chi connectivity index (χ0n) is 12.3. The highest BCUT2D eigenvalue weighted by Gasteiger charge is 2.16. The van der Waals surface area contributed by atoms with Crippen LogP contribution in [-0.2, 0) is 13.0 Å². The molecule has 2 aromatic heterocycles. The molecule has 0 aliphatic rings. The Labute approximate surface area is 137 Å². The molecule has 2 heterocycles. The molecular formula is C17H17FN2S2. The summed E-state index contributed by atoms with van der Waals surface area (Å²) in [5.74, 6) is -0.167. The molecule has 0 aliphatic heterocycles. The number of hydrogen-bond donors (Lipinski definition) is 1. The summed E-state index contributed by atoms with van der Waals surface area (Å²) in [7, 11) is 0. The van der Waals surface area contributed by atoms with Crippen LogP contribution in [0.4, 0.5) is 4.39 Å². The van der Waals surface area contributed by atoms with Crippen LogP contribution in [0.25, 0.3) is 0 Å². The quantitative estimate of drug-likeness (QED) is 0.706. The molecule has 0 saturated heterocycles. The maximum absolute atomic E-state index is 13.8. The molecule has 0 bridgehead atoms. The van der Waals surface area contributed by atoms with Crippen molar-refractivity contribution in [1.29, 1.82) is 0 Å². The summed E-state index contributed by atoms with van der Waals surface area (Å²) in [4.78, 5) is 4.59. The molecule has 1 unspecified atom stereocenters. The van der Waals surface area contributed by atoms with E-state index in [1.165, 1.54) is 11.6 Å². The van der Waals surface area contributed by atoms with Crippen LogP contribution in [0.5, 0.6) is 0 Å². The minimum Gasteiger partial charge on any atom is -0.303 e. The SMILES string of the molecule is Cc1csc(C(Cc2ccsc2)NCc2ccccc2F)n1. The molecule has 3 aromatic rings. The third kappa shape index (κ3) is 3.80. The Balaban J connectivity index is 1.75. The van der Waals surface area contributed by atoms with Crippen LogP contribution in [-0.4, -0.2) is 4.98 Å². The molecule has 1 aromatic carbocycles. The minimum atomic E-state index is -0.167. The lowest BCUT2D eigenvalue weighted by Gasteiger charge is -2.16. The van der Waals surface area contributed by atoms with E-state index in [4.69, 9.17) is 0 Å². The van der Waals surface area contributed by atoms with E-state index in [0.29, 0.717) is 12.1 Å². The first-order chi connectivity index (χ1) is 10.7. The molecule has 1 atom stereocenters. The number of thiazole rings is 1. The highest BCUT2D eigenvalue weighted by atomic mass is 32.1. The number of thiophene rings is 1. The molecule has 0 fully saturated rings. The van der Waals surface area contributed by atoms with Crippen molar-refractivity contribution in [2.24, 2.45) is 0 Å². The number of aryl methyl sites for hydroxylation is 1. The van der Waals surface area contributed by atoms with Crippen molar-refractivity contribution in [2.75, 3.05) is 0 Å². The van der Waals surface area contributed by atoms with Crippen LogP contribution in [0.15, 0.2) is 46.5 Å². The van der Waals surface area contributed by atoms with E-state index in [1.54, 1.807) is 28.7 Å². The van der Waals surface area contributed by atoms with Gasteiger partial charge in [-0.05, 0) is 41.8 Å². The van der Waals surface area contributed by atoms with Gasteiger partial charge < -0.3 is 5.32 Å². The Kier molecular flexibility index (Phi) is 4.97. The van der Waals surface area contributed by atoms with Crippen LogP contribution in [0.2, 0.25) is 0 Å². The standard InChI is InChI=1S/C17H17FN2S2/c1-12-10-22-17(20-12)16(8-13-6-7-21-11-13)19-9-14-4-2-3-5-15(14)18/h2-7,10-11,16,19H,8-9H2,1H3. The van der Waals surface area contributed by atoms with Crippen molar-refractivity contribution in [3.05, 3.63) is 74.1 Å². The first-order valence-corrected chi connectivity index (χ1v) is 8.94. The van der Waals surface area contributed by atoms with Gasteiger partial charge in [-0.15, -0.1) is 11.3 Å². The molecule has 2 nitrogen and oxygen atoms in total. The molecule has 0 spiro atoms. The number of rotatable bonds is 6. The molecule has 114 valence electrons. The molecule has 1 N–H and O–H groups in total. The summed E-state index contributed by atoms with van der Waals surface area (Å²) in [6.45, 7) is 2.50. The monoisotopic (exact) mass is 332 g/mol. The number of hydrogen-bond acceptors (Lipinski definition) is 4. The van der Waals surface area contributed by atoms with Gasteiger partial charge in [0.1, 0.15) is 10.8 Å². The van der Waals surface area contributed by atoms with E-state index in [2.05, 4.69) is 32.5 Å². The van der Waals surface area contributed by atoms with Crippen LogP contribution >= 0.6 is 22.7 Å². The summed E-state index contributed by atoms with van der Waals surface area (Å²) < 4.78 is 13.8. The van der Waals surface area contributed by atoms with Crippen LogP contribution < -0.4 is 5.32 Å². The lowest BCUT2D eigenvalue weighted by Crippen LogP contribution is -2.23. The van der Waals surface area contributed by atoms with Gasteiger partial charge in [0.25, 0.3) is 0 Å². The lowest BCUT2D eigenvalue weighted by molar-refractivity contribution is 0.511. The third-order valence-electron chi connectivity index (χ3n) is 3.45. The fourth-order valence-electron chi connectivity index (χ4n) is 2.30. The molecule has 22 heavy (non-hydrogen) atoms. The van der Waals surface area contributed by atoms with Crippen molar-refractivity contribution < 1.29 is 4.39 Å². The van der Waals surface area contributed by atoms with Crippen LogP contribution in [0.3, 0.4) is 0 Å². The lowest BCUT2D eigenvalue weighted by atomic mass is 10.1. The second kappa shape index (κ2) is 7.13. The van der Waals surface area contributed by atoms with E-state index >= 15 is 0 Å². The van der Waals surface area contributed by atoms with Crippen molar-refractivity contribution in [3.8, 4) is 0 Å². The summed E-state index contributed by atoms with van der Waals surface area (Å²) in [6, 6.07) is 9.12. The van der Waals surface area contributed by atoms with Gasteiger partial charge in [0.05, 0.1) is 6.04 Å².